The molecule has 166 valence electrons. The van der Waals surface area contributed by atoms with Crippen molar-refractivity contribution in [1.82, 2.24) is 5.32 Å². The minimum absolute atomic E-state index is 0.0221. The molecule has 6 heteroatoms. The van der Waals surface area contributed by atoms with Gasteiger partial charge in [0.2, 0.25) is 6.29 Å². The molecule has 2 aromatic rings. The quantitative estimate of drug-likeness (QED) is 0.606. The minimum Gasteiger partial charge on any atom is -0.497 e. The van der Waals surface area contributed by atoms with E-state index in [1.807, 2.05) is 67.6 Å². The Labute approximate surface area is 183 Å². The second-order valence-corrected chi connectivity index (χ2v) is 7.47. The van der Waals surface area contributed by atoms with Crippen molar-refractivity contribution in [3.05, 3.63) is 77.6 Å². The Morgan fingerprint density at radius 2 is 1.87 bits per heavy atom. The van der Waals surface area contributed by atoms with Gasteiger partial charge >= 0.3 is 0 Å². The zero-order chi connectivity index (χ0) is 22.1. The largest absolute Gasteiger partial charge is 0.497 e. The van der Waals surface area contributed by atoms with E-state index in [1.165, 1.54) is 0 Å². The molecule has 0 fully saturated rings. The van der Waals surface area contributed by atoms with Gasteiger partial charge in [-0.1, -0.05) is 42.5 Å². The summed E-state index contributed by atoms with van der Waals surface area (Å²) < 4.78 is 17.2. The van der Waals surface area contributed by atoms with Gasteiger partial charge in [0.25, 0.3) is 5.91 Å². The number of amides is 1. The number of methoxy groups -OCH3 is 1. The van der Waals surface area contributed by atoms with Crippen LogP contribution in [0, 0.1) is 5.92 Å². The number of ether oxygens (including phenoxy) is 3. The van der Waals surface area contributed by atoms with Crippen molar-refractivity contribution in [3.8, 4) is 5.75 Å². The molecule has 0 unspecified atom stereocenters. The molecule has 0 spiro atoms. The molecule has 31 heavy (non-hydrogen) atoms. The number of benzene rings is 2. The van der Waals surface area contributed by atoms with Crippen LogP contribution in [0.5, 0.6) is 5.75 Å². The molecule has 1 aliphatic heterocycles. The Balaban J connectivity index is 1.86. The molecule has 0 aromatic heterocycles. The average molecular weight is 426 g/mol. The number of hydrogen-bond donors (Lipinski definition) is 2. The van der Waals surface area contributed by atoms with Crippen LogP contribution >= 0.6 is 0 Å². The number of aliphatic hydroxyl groups excluding tert-OH is 1. The Hall–Kier alpha value is -2.83. The van der Waals surface area contributed by atoms with Gasteiger partial charge in [-0.25, -0.2) is 0 Å². The highest BCUT2D eigenvalue weighted by molar-refractivity contribution is 5.91. The minimum atomic E-state index is -0.564. The standard InChI is InChI=1S/C25H31NO5/c1-3-30-25-21(10-7-15-27)22(19-11-13-20(29-2)14-12-19)16-23(31-25)24(28)26-17-18-8-5-4-6-9-18/h4-6,8-9,11-14,16,21-22,25,27H,3,7,10,15,17H2,1-2H3,(H,26,28)/t21-,22+,25+/m1/s1. The number of aliphatic hydroxyl groups is 1. The second kappa shape index (κ2) is 11.5. The van der Waals surface area contributed by atoms with Crippen LogP contribution in [0.25, 0.3) is 0 Å². The first-order valence-corrected chi connectivity index (χ1v) is 10.7. The van der Waals surface area contributed by atoms with Gasteiger partial charge < -0.3 is 24.6 Å². The van der Waals surface area contributed by atoms with Crippen LogP contribution in [0.1, 0.15) is 36.8 Å². The van der Waals surface area contributed by atoms with E-state index in [-0.39, 0.29) is 30.1 Å². The van der Waals surface area contributed by atoms with E-state index < -0.39 is 6.29 Å². The number of nitrogens with one attached hydrogen (secondary N) is 1. The maximum absolute atomic E-state index is 12.9. The lowest BCUT2D eigenvalue weighted by Gasteiger charge is -2.37. The number of rotatable bonds is 10. The Morgan fingerprint density at radius 1 is 1.13 bits per heavy atom. The SMILES string of the molecule is CCO[C@H]1OC(C(=O)NCc2ccccc2)=C[C@@H](c2ccc(OC)cc2)[C@H]1CCCO. The van der Waals surface area contributed by atoms with Crippen molar-refractivity contribution in [2.24, 2.45) is 5.92 Å². The van der Waals surface area contributed by atoms with Gasteiger partial charge in [0.05, 0.1) is 7.11 Å². The first-order valence-electron chi connectivity index (χ1n) is 10.7. The predicted octanol–water partition coefficient (Wildman–Crippen LogP) is 3.76. The van der Waals surface area contributed by atoms with Crippen molar-refractivity contribution in [2.45, 2.75) is 38.5 Å². The van der Waals surface area contributed by atoms with Crippen LogP contribution in [-0.4, -0.2) is 37.6 Å². The lowest BCUT2D eigenvalue weighted by Crippen LogP contribution is -2.39. The molecule has 2 aromatic carbocycles. The van der Waals surface area contributed by atoms with Gasteiger partial charge in [0, 0.05) is 31.6 Å². The lowest BCUT2D eigenvalue weighted by molar-refractivity contribution is -0.166. The average Bonchev–Trinajstić information content (AvgIpc) is 2.82. The third kappa shape index (κ3) is 6.09. The van der Waals surface area contributed by atoms with E-state index in [4.69, 9.17) is 14.2 Å². The van der Waals surface area contributed by atoms with Gasteiger partial charge in [-0.05, 0) is 49.1 Å². The zero-order valence-corrected chi connectivity index (χ0v) is 18.1. The van der Waals surface area contributed by atoms with Crippen molar-refractivity contribution in [1.29, 1.82) is 0 Å². The van der Waals surface area contributed by atoms with E-state index in [2.05, 4.69) is 5.32 Å². The van der Waals surface area contributed by atoms with Gasteiger partial charge in [-0.15, -0.1) is 0 Å². The predicted molar refractivity (Wildman–Crippen MR) is 118 cm³/mol. The van der Waals surface area contributed by atoms with E-state index in [9.17, 15) is 9.90 Å². The van der Waals surface area contributed by atoms with Crippen molar-refractivity contribution in [3.63, 3.8) is 0 Å². The summed E-state index contributed by atoms with van der Waals surface area (Å²) >= 11 is 0. The molecular weight excluding hydrogens is 394 g/mol. The summed E-state index contributed by atoms with van der Waals surface area (Å²) in [5.41, 5.74) is 2.06. The van der Waals surface area contributed by atoms with Crippen LogP contribution in [-0.2, 0) is 20.8 Å². The fourth-order valence-electron chi connectivity index (χ4n) is 3.84. The summed E-state index contributed by atoms with van der Waals surface area (Å²) in [4.78, 5) is 12.9. The topological polar surface area (TPSA) is 77.0 Å². The highest BCUT2D eigenvalue weighted by Crippen LogP contribution is 2.39. The molecule has 3 atom stereocenters. The fraction of sp³-hybridized carbons (Fsp3) is 0.400. The summed E-state index contributed by atoms with van der Waals surface area (Å²) in [6.45, 7) is 2.89. The van der Waals surface area contributed by atoms with Crippen LogP contribution in [0.15, 0.2) is 66.4 Å². The number of carbonyl (C=O) groups is 1. The molecule has 0 saturated heterocycles. The number of allylic oxidation sites excluding steroid dienone is 1. The maximum Gasteiger partial charge on any atom is 0.286 e. The summed E-state index contributed by atoms with van der Waals surface area (Å²) in [7, 11) is 1.63. The van der Waals surface area contributed by atoms with Crippen molar-refractivity contribution < 1.29 is 24.1 Å². The van der Waals surface area contributed by atoms with Crippen LogP contribution < -0.4 is 10.1 Å². The first kappa shape index (κ1) is 22.8. The van der Waals surface area contributed by atoms with Gasteiger partial charge in [0.15, 0.2) is 5.76 Å². The molecule has 2 N–H and O–H groups in total. The molecule has 1 heterocycles. The molecule has 0 saturated carbocycles. The summed E-state index contributed by atoms with van der Waals surface area (Å²) in [5, 5.41) is 12.3. The van der Waals surface area contributed by atoms with Crippen molar-refractivity contribution in [2.75, 3.05) is 20.3 Å². The molecule has 0 radical (unpaired) electrons. The normalized spacial score (nSPS) is 20.5. The highest BCUT2D eigenvalue weighted by Gasteiger charge is 2.37. The number of hydrogen-bond acceptors (Lipinski definition) is 5. The molecule has 3 rings (SSSR count). The smallest absolute Gasteiger partial charge is 0.286 e. The van der Waals surface area contributed by atoms with Gasteiger partial charge in [-0.3, -0.25) is 4.79 Å². The Bertz CT molecular complexity index is 850. The highest BCUT2D eigenvalue weighted by atomic mass is 16.7. The van der Waals surface area contributed by atoms with Crippen LogP contribution in [0.3, 0.4) is 0 Å². The molecular formula is C25H31NO5. The van der Waals surface area contributed by atoms with E-state index in [0.717, 1.165) is 16.9 Å². The second-order valence-electron chi connectivity index (χ2n) is 7.47. The molecule has 1 amide bonds. The summed E-state index contributed by atoms with van der Waals surface area (Å²) in [6, 6.07) is 17.6. The first-order chi connectivity index (χ1) is 15.2. The van der Waals surface area contributed by atoms with Gasteiger partial charge in [-0.2, -0.15) is 0 Å². The van der Waals surface area contributed by atoms with E-state index >= 15 is 0 Å². The third-order valence-electron chi connectivity index (χ3n) is 5.43. The summed E-state index contributed by atoms with van der Waals surface area (Å²) in [5.74, 6) is 0.656. The molecule has 0 bridgehead atoms. The van der Waals surface area contributed by atoms with Crippen molar-refractivity contribution >= 4 is 5.91 Å². The van der Waals surface area contributed by atoms with E-state index in [1.54, 1.807) is 7.11 Å². The maximum atomic E-state index is 12.9. The Morgan fingerprint density at radius 3 is 2.52 bits per heavy atom. The third-order valence-corrected chi connectivity index (χ3v) is 5.43. The fourth-order valence-corrected chi connectivity index (χ4v) is 3.84. The monoisotopic (exact) mass is 425 g/mol. The zero-order valence-electron chi connectivity index (χ0n) is 18.1. The molecule has 6 nitrogen and oxygen atoms in total. The molecule has 0 aliphatic carbocycles. The Kier molecular flexibility index (Phi) is 8.50. The van der Waals surface area contributed by atoms with E-state index in [0.29, 0.717) is 26.0 Å². The molecule has 1 aliphatic rings. The van der Waals surface area contributed by atoms with Gasteiger partial charge in [0.1, 0.15) is 5.75 Å². The lowest BCUT2D eigenvalue weighted by atomic mass is 9.80. The summed E-state index contributed by atoms with van der Waals surface area (Å²) in [6.07, 6.45) is 2.66. The number of carbonyl (C=O) groups excluding carboxylic acids is 1. The van der Waals surface area contributed by atoms with Crippen LogP contribution in [0.2, 0.25) is 0 Å². The van der Waals surface area contributed by atoms with Crippen LogP contribution in [0.4, 0.5) is 0 Å².